The van der Waals surface area contributed by atoms with Crippen molar-refractivity contribution in [1.82, 2.24) is 9.80 Å². The minimum Gasteiger partial charge on any atom is -0.480 e. The van der Waals surface area contributed by atoms with E-state index in [1.807, 2.05) is 11.0 Å². The third kappa shape index (κ3) is 4.30. The summed E-state index contributed by atoms with van der Waals surface area (Å²) in [5.74, 6) is -0.738. The van der Waals surface area contributed by atoms with Crippen molar-refractivity contribution in [1.29, 1.82) is 0 Å². The molecule has 0 saturated carbocycles. The highest BCUT2D eigenvalue weighted by Crippen LogP contribution is 2.24. The average Bonchev–Trinajstić information content (AvgIpc) is 2.63. The van der Waals surface area contributed by atoms with Crippen LogP contribution in [0.3, 0.4) is 0 Å². The second kappa shape index (κ2) is 7.20. The van der Waals surface area contributed by atoms with E-state index in [0.717, 1.165) is 37.1 Å². The molecule has 0 aliphatic carbocycles. The molecule has 1 saturated heterocycles. The van der Waals surface area contributed by atoms with Crippen LogP contribution in [0.15, 0.2) is 28.7 Å². The lowest BCUT2D eigenvalue weighted by Crippen LogP contribution is -2.35. The Kier molecular flexibility index (Phi) is 5.57. The molecule has 0 spiro atoms. The van der Waals surface area contributed by atoms with Gasteiger partial charge in [0, 0.05) is 36.7 Å². The molecule has 1 aliphatic heterocycles. The molecule has 0 radical (unpaired) electrons. The van der Waals surface area contributed by atoms with Crippen LogP contribution in [0.1, 0.15) is 24.9 Å². The zero-order chi connectivity index (χ0) is 14.5. The SMILES string of the molecule is CC(c1cccc(Br)c1)N1CCCN(CC(=O)O)CC1. The lowest BCUT2D eigenvalue weighted by atomic mass is 10.1. The van der Waals surface area contributed by atoms with Crippen LogP contribution in [0, 0.1) is 0 Å². The molecule has 0 bridgehead atoms. The van der Waals surface area contributed by atoms with E-state index in [2.05, 4.69) is 46.0 Å². The molecule has 1 unspecified atom stereocenters. The predicted octanol–water partition coefficient (Wildman–Crippen LogP) is 2.60. The van der Waals surface area contributed by atoms with Crippen LogP contribution in [0.5, 0.6) is 0 Å². The Bertz CT molecular complexity index is 467. The van der Waals surface area contributed by atoms with Crippen LogP contribution in [0.4, 0.5) is 0 Å². The molecule has 20 heavy (non-hydrogen) atoms. The first-order valence-electron chi connectivity index (χ1n) is 7.00. The molecular formula is C15H21BrN2O2. The van der Waals surface area contributed by atoms with Gasteiger partial charge < -0.3 is 5.11 Å². The van der Waals surface area contributed by atoms with Crippen LogP contribution in [-0.4, -0.2) is 53.6 Å². The fourth-order valence-corrected chi connectivity index (χ4v) is 3.12. The van der Waals surface area contributed by atoms with Gasteiger partial charge in [0.25, 0.3) is 0 Å². The molecule has 0 aromatic heterocycles. The highest BCUT2D eigenvalue weighted by molar-refractivity contribution is 9.10. The molecule has 1 N–H and O–H groups in total. The standard InChI is InChI=1S/C15H21BrN2O2/c1-12(13-4-2-5-14(16)10-13)18-7-3-6-17(8-9-18)11-15(19)20/h2,4-5,10,12H,3,6-9,11H2,1H3,(H,19,20). The van der Waals surface area contributed by atoms with E-state index in [1.54, 1.807) is 0 Å². The quantitative estimate of drug-likeness (QED) is 0.914. The van der Waals surface area contributed by atoms with Crippen molar-refractivity contribution >= 4 is 21.9 Å². The maximum Gasteiger partial charge on any atom is 0.317 e. The Hall–Kier alpha value is -0.910. The topological polar surface area (TPSA) is 43.8 Å². The summed E-state index contributed by atoms with van der Waals surface area (Å²) in [5.41, 5.74) is 1.30. The van der Waals surface area contributed by atoms with Gasteiger partial charge in [0.2, 0.25) is 0 Å². The van der Waals surface area contributed by atoms with Crippen molar-refractivity contribution in [3.8, 4) is 0 Å². The van der Waals surface area contributed by atoms with Crippen LogP contribution in [0.2, 0.25) is 0 Å². The van der Waals surface area contributed by atoms with Crippen LogP contribution < -0.4 is 0 Å². The zero-order valence-electron chi connectivity index (χ0n) is 11.8. The first-order chi connectivity index (χ1) is 9.56. The smallest absolute Gasteiger partial charge is 0.317 e. The van der Waals surface area contributed by atoms with E-state index in [0.29, 0.717) is 6.04 Å². The van der Waals surface area contributed by atoms with Crippen LogP contribution in [0.25, 0.3) is 0 Å². The number of benzene rings is 1. The third-order valence-electron chi connectivity index (χ3n) is 3.86. The average molecular weight is 341 g/mol. The lowest BCUT2D eigenvalue weighted by molar-refractivity contribution is -0.138. The number of carboxylic acid groups (broad SMARTS) is 1. The molecule has 1 aromatic rings. The predicted molar refractivity (Wildman–Crippen MR) is 82.8 cm³/mol. The van der Waals surface area contributed by atoms with E-state index in [1.165, 1.54) is 5.56 Å². The van der Waals surface area contributed by atoms with Gasteiger partial charge in [-0.15, -0.1) is 0 Å². The number of aliphatic carboxylic acids is 1. The molecule has 5 heteroatoms. The molecule has 1 aromatic carbocycles. The van der Waals surface area contributed by atoms with Gasteiger partial charge in [-0.3, -0.25) is 14.6 Å². The van der Waals surface area contributed by atoms with Crippen molar-refractivity contribution in [2.45, 2.75) is 19.4 Å². The van der Waals surface area contributed by atoms with E-state index in [4.69, 9.17) is 5.11 Å². The summed E-state index contributed by atoms with van der Waals surface area (Å²) >= 11 is 3.51. The number of hydrogen-bond acceptors (Lipinski definition) is 3. The Labute approximate surface area is 128 Å². The minimum atomic E-state index is -0.738. The summed E-state index contributed by atoms with van der Waals surface area (Å²) in [6, 6.07) is 8.76. The van der Waals surface area contributed by atoms with Gasteiger partial charge in [0.15, 0.2) is 0 Å². The van der Waals surface area contributed by atoms with E-state index in [-0.39, 0.29) is 6.54 Å². The summed E-state index contributed by atoms with van der Waals surface area (Å²) in [4.78, 5) is 15.3. The number of carbonyl (C=O) groups is 1. The van der Waals surface area contributed by atoms with Crippen molar-refractivity contribution < 1.29 is 9.90 Å². The summed E-state index contributed by atoms with van der Waals surface area (Å²) in [6.07, 6.45) is 1.02. The highest BCUT2D eigenvalue weighted by atomic mass is 79.9. The molecule has 0 amide bonds. The Morgan fingerprint density at radius 3 is 2.85 bits per heavy atom. The summed E-state index contributed by atoms with van der Waals surface area (Å²) < 4.78 is 1.10. The molecule has 110 valence electrons. The fourth-order valence-electron chi connectivity index (χ4n) is 2.70. The first kappa shape index (κ1) is 15.5. The zero-order valence-corrected chi connectivity index (χ0v) is 13.3. The van der Waals surface area contributed by atoms with Gasteiger partial charge in [0.05, 0.1) is 6.54 Å². The fraction of sp³-hybridized carbons (Fsp3) is 0.533. The molecule has 1 atom stereocenters. The Morgan fingerprint density at radius 1 is 1.35 bits per heavy atom. The molecule has 4 nitrogen and oxygen atoms in total. The minimum absolute atomic E-state index is 0.152. The van der Waals surface area contributed by atoms with Gasteiger partial charge in [-0.05, 0) is 31.0 Å². The van der Waals surface area contributed by atoms with E-state index < -0.39 is 5.97 Å². The van der Waals surface area contributed by atoms with Crippen molar-refractivity contribution in [3.05, 3.63) is 34.3 Å². The van der Waals surface area contributed by atoms with Crippen LogP contribution >= 0.6 is 15.9 Å². The van der Waals surface area contributed by atoms with Crippen molar-refractivity contribution in [2.24, 2.45) is 0 Å². The molecule has 1 aliphatic rings. The van der Waals surface area contributed by atoms with Gasteiger partial charge in [-0.2, -0.15) is 0 Å². The second-order valence-corrected chi connectivity index (χ2v) is 6.21. The second-order valence-electron chi connectivity index (χ2n) is 5.29. The Morgan fingerprint density at radius 2 is 2.15 bits per heavy atom. The number of hydrogen-bond donors (Lipinski definition) is 1. The maximum atomic E-state index is 10.8. The summed E-state index contributed by atoms with van der Waals surface area (Å²) in [5, 5.41) is 8.88. The highest BCUT2D eigenvalue weighted by Gasteiger charge is 2.21. The number of nitrogens with zero attached hydrogens (tertiary/aromatic N) is 2. The van der Waals surface area contributed by atoms with Gasteiger partial charge in [0.1, 0.15) is 0 Å². The number of rotatable bonds is 4. The molecule has 1 heterocycles. The maximum absolute atomic E-state index is 10.8. The number of halogens is 1. The van der Waals surface area contributed by atoms with Gasteiger partial charge in [-0.25, -0.2) is 0 Å². The third-order valence-corrected chi connectivity index (χ3v) is 4.35. The largest absolute Gasteiger partial charge is 0.480 e. The van der Waals surface area contributed by atoms with E-state index >= 15 is 0 Å². The monoisotopic (exact) mass is 340 g/mol. The normalized spacial score (nSPS) is 19.5. The first-order valence-corrected chi connectivity index (χ1v) is 7.79. The summed E-state index contributed by atoms with van der Waals surface area (Å²) in [6.45, 7) is 6.00. The van der Waals surface area contributed by atoms with Crippen molar-refractivity contribution in [2.75, 3.05) is 32.7 Å². The lowest BCUT2D eigenvalue weighted by Gasteiger charge is -2.28. The molecular weight excluding hydrogens is 320 g/mol. The van der Waals surface area contributed by atoms with Crippen molar-refractivity contribution in [3.63, 3.8) is 0 Å². The van der Waals surface area contributed by atoms with Crippen LogP contribution in [-0.2, 0) is 4.79 Å². The van der Waals surface area contributed by atoms with Gasteiger partial charge in [-0.1, -0.05) is 28.1 Å². The molecule has 1 fully saturated rings. The van der Waals surface area contributed by atoms with E-state index in [9.17, 15) is 4.79 Å². The number of carboxylic acids is 1. The Balaban J connectivity index is 1.97. The molecule has 2 rings (SSSR count). The summed E-state index contributed by atoms with van der Waals surface area (Å²) in [7, 11) is 0. The van der Waals surface area contributed by atoms with Gasteiger partial charge >= 0.3 is 5.97 Å².